The maximum absolute atomic E-state index is 11.6. The van der Waals surface area contributed by atoms with E-state index in [1.54, 1.807) is 22.8 Å². The van der Waals surface area contributed by atoms with Gasteiger partial charge in [-0.1, -0.05) is 0 Å². The largest absolute Gasteiger partial charge is 0.479 e. The maximum atomic E-state index is 11.6. The van der Waals surface area contributed by atoms with Crippen molar-refractivity contribution in [3.8, 4) is 11.8 Å². The molecule has 0 unspecified atom stereocenters. The summed E-state index contributed by atoms with van der Waals surface area (Å²) in [6, 6.07) is 7.07. The Bertz CT molecular complexity index is 620. The number of nitrogens with one attached hydrogen (secondary N) is 1. The molecule has 1 heterocycles. The predicted octanol–water partition coefficient (Wildman–Crippen LogP) is 0.191. The Labute approximate surface area is 97.2 Å². The SMILES string of the molecule is N#CCOc1ccc2[nH]c(=O)n(CCN)c2c1. The minimum atomic E-state index is -0.192. The van der Waals surface area contributed by atoms with Gasteiger partial charge in [0.25, 0.3) is 0 Å². The van der Waals surface area contributed by atoms with E-state index in [0.29, 0.717) is 18.8 Å². The number of hydrogen-bond acceptors (Lipinski definition) is 4. The molecule has 17 heavy (non-hydrogen) atoms. The van der Waals surface area contributed by atoms with E-state index in [1.807, 2.05) is 6.07 Å². The number of aromatic nitrogens is 2. The van der Waals surface area contributed by atoms with Gasteiger partial charge in [-0.3, -0.25) is 4.57 Å². The van der Waals surface area contributed by atoms with E-state index < -0.39 is 0 Å². The van der Waals surface area contributed by atoms with Gasteiger partial charge in [-0.15, -0.1) is 0 Å². The Balaban J connectivity index is 2.47. The Morgan fingerprint density at radius 2 is 2.35 bits per heavy atom. The summed E-state index contributed by atoms with van der Waals surface area (Å²) in [5.74, 6) is 0.559. The van der Waals surface area contributed by atoms with E-state index in [0.717, 1.165) is 11.0 Å². The van der Waals surface area contributed by atoms with Crippen LogP contribution in [0.1, 0.15) is 0 Å². The zero-order valence-corrected chi connectivity index (χ0v) is 9.14. The lowest BCUT2D eigenvalue weighted by atomic mass is 10.3. The Morgan fingerprint density at radius 3 is 3.06 bits per heavy atom. The van der Waals surface area contributed by atoms with Crippen LogP contribution >= 0.6 is 0 Å². The van der Waals surface area contributed by atoms with Gasteiger partial charge in [0.05, 0.1) is 11.0 Å². The van der Waals surface area contributed by atoms with Crippen molar-refractivity contribution in [2.75, 3.05) is 13.2 Å². The Kier molecular flexibility index (Phi) is 3.12. The highest BCUT2D eigenvalue weighted by Crippen LogP contribution is 2.18. The van der Waals surface area contributed by atoms with Crippen molar-refractivity contribution in [1.82, 2.24) is 9.55 Å². The second kappa shape index (κ2) is 4.72. The molecule has 0 amide bonds. The number of ether oxygens (including phenoxy) is 1. The second-order valence-corrected chi connectivity index (χ2v) is 3.50. The first kappa shape index (κ1) is 11.2. The monoisotopic (exact) mass is 232 g/mol. The van der Waals surface area contributed by atoms with Gasteiger partial charge in [0.2, 0.25) is 0 Å². The number of benzene rings is 1. The minimum Gasteiger partial charge on any atom is -0.479 e. The first-order valence-electron chi connectivity index (χ1n) is 5.18. The lowest BCUT2D eigenvalue weighted by Gasteiger charge is -2.03. The fourth-order valence-corrected chi connectivity index (χ4v) is 1.69. The molecule has 3 N–H and O–H groups in total. The molecule has 0 fully saturated rings. The van der Waals surface area contributed by atoms with Gasteiger partial charge in [0, 0.05) is 19.2 Å². The molecule has 0 aliphatic heterocycles. The number of hydrogen-bond donors (Lipinski definition) is 2. The number of imidazole rings is 1. The number of rotatable bonds is 4. The van der Waals surface area contributed by atoms with Crippen molar-refractivity contribution in [3.63, 3.8) is 0 Å². The highest BCUT2D eigenvalue weighted by molar-refractivity contribution is 5.77. The number of fused-ring (bicyclic) bond motifs is 1. The topological polar surface area (TPSA) is 96.8 Å². The summed E-state index contributed by atoms with van der Waals surface area (Å²) in [7, 11) is 0. The molecule has 0 radical (unpaired) electrons. The average Bonchev–Trinajstić information content (AvgIpc) is 2.64. The van der Waals surface area contributed by atoms with E-state index in [1.165, 1.54) is 0 Å². The highest BCUT2D eigenvalue weighted by atomic mass is 16.5. The summed E-state index contributed by atoms with van der Waals surface area (Å²) < 4.78 is 6.73. The van der Waals surface area contributed by atoms with Crippen LogP contribution in [0.4, 0.5) is 0 Å². The summed E-state index contributed by atoms with van der Waals surface area (Å²) in [6.45, 7) is 0.813. The number of aromatic amines is 1. The molecule has 6 nitrogen and oxygen atoms in total. The van der Waals surface area contributed by atoms with Gasteiger partial charge in [-0.25, -0.2) is 4.79 Å². The fraction of sp³-hybridized carbons (Fsp3) is 0.273. The van der Waals surface area contributed by atoms with Crippen LogP contribution in [0.2, 0.25) is 0 Å². The van der Waals surface area contributed by atoms with Crippen molar-refractivity contribution < 1.29 is 4.74 Å². The van der Waals surface area contributed by atoms with Crippen LogP contribution in [-0.2, 0) is 6.54 Å². The van der Waals surface area contributed by atoms with Crippen LogP contribution < -0.4 is 16.2 Å². The number of nitrogens with zero attached hydrogens (tertiary/aromatic N) is 2. The van der Waals surface area contributed by atoms with Gasteiger partial charge >= 0.3 is 5.69 Å². The van der Waals surface area contributed by atoms with Crippen LogP contribution in [0.5, 0.6) is 5.75 Å². The lowest BCUT2D eigenvalue weighted by molar-refractivity contribution is 0.368. The molecule has 0 atom stereocenters. The summed E-state index contributed by atoms with van der Waals surface area (Å²) in [6.07, 6.45) is 0. The quantitative estimate of drug-likeness (QED) is 0.786. The molecule has 1 aromatic carbocycles. The van der Waals surface area contributed by atoms with E-state index >= 15 is 0 Å². The standard InChI is InChI=1S/C11H12N4O2/c12-3-5-15-10-7-8(17-6-4-13)1-2-9(10)14-11(15)16/h1-2,7H,3,5-6,12H2,(H,14,16). The molecular formula is C11H12N4O2. The molecule has 0 saturated heterocycles. The first-order chi connectivity index (χ1) is 8.26. The van der Waals surface area contributed by atoms with Crippen molar-refractivity contribution in [2.24, 2.45) is 5.73 Å². The molecule has 6 heteroatoms. The normalized spacial score (nSPS) is 10.4. The molecule has 0 spiro atoms. The minimum absolute atomic E-state index is 0.0168. The summed E-state index contributed by atoms with van der Waals surface area (Å²) in [5.41, 5.74) is 6.72. The van der Waals surface area contributed by atoms with Crippen molar-refractivity contribution in [2.45, 2.75) is 6.54 Å². The molecule has 2 aromatic rings. The van der Waals surface area contributed by atoms with Crippen LogP contribution in [-0.4, -0.2) is 22.7 Å². The van der Waals surface area contributed by atoms with Crippen molar-refractivity contribution in [1.29, 1.82) is 5.26 Å². The van der Waals surface area contributed by atoms with Crippen LogP contribution in [0.25, 0.3) is 11.0 Å². The molecule has 0 bridgehead atoms. The Morgan fingerprint density at radius 1 is 1.53 bits per heavy atom. The van der Waals surface area contributed by atoms with E-state index in [4.69, 9.17) is 15.7 Å². The summed E-state index contributed by atoms with van der Waals surface area (Å²) in [5, 5.41) is 8.43. The third-order valence-corrected chi connectivity index (χ3v) is 2.40. The second-order valence-electron chi connectivity index (χ2n) is 3.50. The Hall–Kier alpha value is -2.26. The number of H-pyrrole nitrogens is 1. The van der Waals surface area contributed by atoms with Crippen LogP contribution in [0.3, 0.4) is 0 Å². The van der Waals surface area contributed by atoms with Gasteiger partial charge in [-0.2, -0.15) is 5.26 Å². The third kappa shape index (κ3) is 2.14. The van der Waals surface area contributed by atoms with Crippen molar-refractivity contribution >= 4 is 11.0 Å². The van der Waals surface area contributed by atoms with E-state index in [9.17, 15) is 4.79 Å². The van der Waals surface area contributed by atoms with Crippen LogP contribution in [0.15, 0.2) is 23.0 Å². The number of nitriles is 1. The molecule has 0 saturated carbocycles. The summed E-state index contributed by atoms with van der Waals surface area (Å²) >= 11 is 0. The molecule has 1 aromatic heterocycles. The summed E-state index contributed by atoms with van der Waals surface area (Å²) in [4.78, 5) is 14.3. The first-order valence-corrected chi connectivity index (χ1v) is 5.18. The molecule has 2 rings (SSSR count). The van der Waals surface area contributed by atoms with Gasteiger partial charge in [0.1, 0.15) is 11.8 Å². The zero-order valence-electron chi connectivity index (χ0n) is 9.14. The van der Waals surface area contributed by atoms with Gasteiger partial charge < -0.3 is 15.5 Å². The highest BCUT2D eigenvalue weighted by Gasteiger charge is 2.06. The lowest BCUT2D eigenvalue weighted by Crippen LogP contribution is -2.21. The van der Waals surface area contributed by atoms with E-state index in [-0.39, 0.29) is 12.3 Å². The van der Waals surface area contributed by atoms with E-state index in [2.05, 4.69) is 4.98 Å². The predicted molar refractivity (Wildman–Crippen MR) is 62.7 cm³/mol. The maximum Gasteiger partial charge on any atom is 0.326 e. The third-order valence-electron chi connectivity index (χ3n) is 2.40. The van der Waals surface area contributed by atoms with Gasteiger partial charge in [-0.05, 0) is 12.1 Å². The molecule has 88 valence electrons. The fourth-order valence-electron chi connectivity index (χ4n) is 1.69. The average molecular weight is 232 g/mol. The molecule has 0 aliphatic rings. The number of nitrogens with two attached hydrogens (primary N) is 1. The van der Waals surface area contributed by atoms with Crippen molar-refractivity contribution in [3.05, 3.63) is 28.7 Å². The zero-order chi connectivity index (χ0) is 12.3. The molecule has 0 aliphatic carbocycles. The smallest absolute Gasteiger partial charge is 0.326 e. The van der Waals surface area contributed by atoms with Gasteiger partial charge in [0.15, 0.2) is 6.61 Å². The molecular weight excluding hydrogens is 220 g/mol. The van der Waals surface area contributed by atoms with Crippen LogP contribution in [0, 0.1) is 11.3 Å².